The van der Waals surface area contributed by atoms with Crippen molar-refractivity contribution in [1.82, 2.24) is 24.8 Å². The lowest BCUT2D eigenvalue weighted by Gasteiger charge is -2.26. The summed E-state index contributed by atoms with van der Waals surface area (Å²) in [7, 11) is 0. The van der Waals surface area contributed by atoms with Gasteiger partial charge in [0.15, 0.2) is 0 Å². The number of nitrogens with two attached hydrogens (primary N) is 1. The number of aromatic nitrogens is 3. The number of hydrogen-bond acceptors (Lipinski definition) is 6. The fourth-order valence-electron chi connectivity index (χ4n) is 4.62. The molecule has 36 heavy (non-hydrogen) atoms. The van der Waals surface area contributed by atoms with E-state index in [1.54, 1.807) is 35.4 Å². The molecule has 8 heteroatoms. The summed E-state index contributed by atoms with van der Waals surface area (Å²) in [6.45, 7) is 9.34. The normalized spacial score (nSPS) is 15.1. The van der Waals surface area contributed by atoms with Gasteiger partial charge in [0.25, 0.3) is 5.91 Å². The van der Waals surface area contributed by atoms with Crippen molar-refractivity contribution in [2.75, 3.05) is 31.9 Å². The van der Waals surface area contributed by atoms with Crippen LogP contribution >= 0.6 is 0 Å². The summed E-state index contributed by atoms with van der Waals surface area (Å²) in [4.78, 5) is 30.0. The van der Waals surface area contributed by atoms with Gasteiger partial charge in [-0.3, -0.25) is 9.69 Å². The van der Waals surface area contributed by atoms with Crippen molar-refractivity contribution in [2.24, 2.45) is 0 Å². The molecule has 0 saturated carbocycles. The number of rotatable bonds is 6. The molecule has 186 valence electrons. The number of hydrogen-bond donors (Lipinski definition) is 1. The number of likely N-dealkylation sites (N-methyl/N-ethyl adjacent to an activating group) is 1. The number of aryl methyl sites for hydroxylation is 1. The predicted molar refractivity (Wildman–Crippen MR) is 139 cm³/mol. The van der Waals surface area contributed by atoms with Gasteiger partial charge in [-0.25, -0.2) is 19.3 Å². The zero-order valence-electron chi connectivity index (χ0n) is 21.0. The van der Waals surface area contributed by atoms with Gasteiger partial charge >= 0.3 is 0 Å². The smallest absolute Gasteiger partial charge is 0.256 e. The molecule has 0 radical (unpaired) electrons. The molecule has 3 aromatic rings. The highest BCUT2D eigenvalue weighted by molar-refractivity contribution is 5.95. The van der Waals surface area contributed by atoms with Crippen molar-refractivity contribution in [3.05, 3.63) is 71.1 Å². The fourth-order valence-corrected chi connectivity index (χ4v) is 4.62. The summed E-state index contributed by atoms with van der Waals surface area (Å²) in [5, 5.41) is 0. The van der Waals surface area contributed by atoms with E-state index in [1.807, 2.05) is 6.92 Å². The number of pyridine rings is 1. The average molecular weight is 487 g/mol. The van der Waals surface area contributed by atoms with Crippen LogP contribution in [-0.4, -0.2) is 62.9 Å². The number of nitrogens with zero attached hydrogens (tertiary/aromatic N) is 5. The Bertz CT molecular complexity index is 1290. The van der Waals surface area contributed by atoms with Gasteiger partial charge in [-0.2, -0.15) is 0 Å². The van der Waals surface area contributed by atoms with Gasteiger partial charge in [-0.05, 0) is 50.2 Å². The summed E-state index contributed by atoms with van der Waals surface area (Å²) in [5.41, 5.74) is 8.88. The first kappa shape index (κ1) is 25.3. The monoisotopic (exact) mass is 486 g/mol. The average Bonchev–Trinajstić information content (AvgIpc) is 3.38. The molecule has 2 N–H and O–H groups in total. The van der Waals surface area contributed by atoms with Gasteiger partial charge in [0.05, 0.1) is 22.5 Å². The van der Waals surface area contributed by atoms with E-state index in [1.165, 1.54) is 12.4 Å². The van der Waals surface area contributed by atoms with E-state index < -0.39 is 5.82 Å². The molecule has 1 unspecified atom stereocenters. The van der Waals surface area contributed by atoms with E-state index in [9.17, 15) is 4.79 Å². The van der Waals surface area contributed by atoms with Crippen LogP contribution in [0, 0.1) is 17.7 Å². The minimum absolute atomic E-state index is 0.0734. The van der Waals surface area contributed by atoms with Crippen molar-refractivity contribution in [2.45, 2.75) is 39.7 Å². The quantitative estimate of drug-likeness (QED) is 0.534. The largest absolute Gasteiger partial charge is 0.384 e. The van der Waals surface area contributed by atoms with Crippen LogP contribution in [0.4, 0.5) is 10.2 Å². The Balaban J connectivity index is 1.62. The van der Waals surface area contributed by atoms with Gasteiger partial charge in [0, 0.05) is 36.5 Å². The first-order chi connectivity index (χ1) is 17.4. The van der Waals surface area contributed by atoms with Gasteiger partial charge in [0.1, 0.15) is 18.0 Å². The molecule has 1 amide bonds. The van der Waals surface area contributed by atoms with Crippen molar-refractivity contribution in [3.63, 3.8) is 0 Å². The molecule has 0 bridgehead atoms. The number of halogens is 1. The second kappa shape index (κ2) is 11.3. The summed E-state index contributed by atoms with van der Waals surface area (Å²) >= 11 is 0. The second-order valence-electron chi connectivity index (χ2n) is 8.73. The maximum Gasteiger partial charge on any atom is 0.256 e. The summed E-state index contributed by atoms with van der Waals surface area (Å²) in [6.07, 6.45) is 4.60. The molecule has 1 aliphatic rings. The molecule has 2 aromatic heterocycles. The highest BCUT2D eigenvalue weighted by Crippen LogP contribution is 2.26. The molecule has 4 rings (SSSR count). The molecule has 0 aliphatic carbocycles. The Hall–Kier alpha value is -3.83. The van der Waals surface area contributed by atoms with Crippen LogP contribution in [0.3, 0.4) is 0 Å². The van der Waals surface area contributed by atoms with Crippen LogP contribution in [0.25, 0.3) is 11.3 Å². The zero-order chi connectivity index (χ0) is 25.7. The van der Waals surface area contributed by atoms with E-state index in [0.29, 0.717) is 53.8 Å². The van der Waals surface area contributed by atoms with Gasteiger partial charge in [-0.15, -0.1) is 0 Å². The number of benzene rings is 1. The third-order valence-electron chi connectivity index (χ3n) is 6.63. The summed E-state index contributed by atoms with van der Waals surface area (Å²) in [6, 6.07) is 8.43. The lowest BCUT2D eigenvalue weighted by atomic mass is 10.0. The number of carbonyl (C=O) groups is 1. The third-order valence-corrected chi connectivity index (χ3v) is 6.63. The van der Waals surface area contributed by atoms with E-state index in [2.05, 4.69) is 45.5 Å². The molecular weight excluding hydrogens is 455 g/mol. The molecule has 1 atom stereocenters. The lowest BCUT2D eigenvalue weighted by Crippen LogP contribution is -2.38. The molecule has 7 nitrogen and oxygen atoms in total. The maximum atomic E-state index is 15.3. The predicted octanol–water partition coefficient (Wildman–Crippen LogP) is 3.78. The van der Waals surface area contributed by atoms with Crippen LogP contribution in [0.1, 0.15) is 54.4 Å². The van der Waals surface area contributed by atoms with Crippen molar-refractivity contribution >= 4 is 11.7 Å². The SMILES string of the molecule is CCc1ncnc(-c2ccc(C(=O)N3CCC(N(CC)CC)C3)c(F)c2)c1C#Cc1ccc(N)nc1. The van der Waals surface area contributed by atoms with Crippen LogP contribution in [-0.2, 0) is 6.42 Å². The number of nitrogen functional groups attached to an aromatic ring is 1. The fraction of sp³-hybridized carbons (Fsp3) is 0.357. The highest BCUT2D eigenvalue weighted by atomic mass is 19.1. The summed E-state index contributed by atoms with van der Waals surface area (Å²) in [5.74, 6) is 5.78. The molecule has 0 spiro atoms. The minimum atomic E-state index is -0.568. The molecule has 1 aliphatic heterocycles. The van der Waals surface area contributed by atoms with E-state index in [4.69, 9.17) is 5.73 Å². The Morgan fingerprint density at radius 3 is 2.61 bits per heavy atom. The molecule has 3 heterocycles. The van der Waals surface area contributed by atoms with E-state index in [0.717, 1.165) is 25.2 Å². The highest BCUT2D eigenvalue weighted by Gasteiger charge is 2.31. The standard InChI is InChI=1S/C28H31FN6O/c1-4-25-23(10-7-19-8-12-26(30)31-16-19)27(33-18-32-25)20-9-11-22(24(29)15-20)28(36)35-14-13-21(17-35)34(5-2)6-3/h8-9,11-12,15-16,18,21H,4-6,13-14,17H2,1-3H3,(H2,30,31). The zero-order valence-corrected chi connectivity index (χ0v) is 21.0. The molecular formula is C28H31FN6O. The van der Waals surface area contributed by atoms with Gasteiger partial charge in [-0.1, -0.05) is 38.7 Å². The van der Waals surface area contributed by atoms with Gasteiger partial charge in [0.2, 0.25) is 0 Å². The van der Waals surface area contributed by atoms with Crippen LogP contribution in [0.2, 0.25) is 0 Å². The van der Waals surface area contributed by atoms with Crippen LogP contribution in [0.15, 0.2) is 42.9 Å². The number of anilines is 1. The topological polar surface area (TPSA) is 88.2 Å². The number of likely N-dealkylation sites (tertiary alicyclic amines) is 1. The van der Waals surface area contributed by atoms with Crippen molar-refractivity contribution < 1.29 is 9.18 Å². The second-order valence-corrected chi connectivity index (χ2v) is 8.73. The Kier molecular flexibility index (Phi) is 7.91. The van der Waals surface area contributed by atoms with Gasteiger partial charge < -0.3 is 10.6 Å². The lowest BCUT2D eigenvalue weighted by molar-refractivity contribution is 0.0773. The Labute approximate surface area is 211 Å². The Morgan fingerprint density at radius 1 is 1.14 bits per heavy atom. The first-order valence-electron chi connectivity index (χ1n) is 12.4. The first-order valence-corrected chi connectivity index (χ1v) is 12.4. The minimum Gasteiger partial charge on any atom is -0.384 e. The number of carbonyl (C=O) groups excluding carboxylic acids is 1. The molecule has 1 aromatic carbocycles. The third kappa shape index (κ3) is 5.37. The van der Waals surface area contributed by atoms with E-state index in [-0.39, 0.29) is 11.5 Å². The van der Waals surface area contributed by atoms with E-state index >= 15 is 4.39 Å². The maximum absolute atomic E-state index is 15.3. The molecule has 1 saturated heterocycles. The van der Waals surface area contributed by atoms with Crippen LogP contribution < -0.4 is 5.73 Å². The van der Waals surface area contributed by atoms with Crippen molar-refractivity contribution in [3.8, 4) is 23.1 Å². The number of amides is 1. The van der Waals surface area contributed by atoms with Crippen LogP contribution in [0.5, 0.6) is 0 Å². The van der Waals surface area contributed by atoms with Crippen molar-refractivity contribution in [1.29, 1.82) is 0 Å². The summed E-state index contributed by atoms with van der Waals surface area (Å²) < 4.78 is 15.3. The Morgan fingerprint density at radius 2 is 1.94 bits per heavy atom. The molecule has 1 fully saturated rings.